The fraction of sp³-hybridized carbons (Fsp3) is 0.346. The predicted molar refractivity (Wildman–Crippen MR) is 130 cm³/mol. The van der Waals surface area contributed by atoms with Crippen molar-refractivity contribution in [2.45, 2.75) is 43.5 Å². The molecule has 1 amide bonds. The average Bonchev–Trinajstić information content (AvgIpc) is 2.86. The average molecular weight is 467 g/mol. The number of hydrogen-bond acceptors (Lipinski definition) is 4. The summed E-state index contributed by atoms with van der Waals surface area (Å²) < 4.78 is 33.1. The van der Waals surface area contributed by atoms with Gasteiger partial charge in [0.1, 0.15) is 5.75 Å². The Hall–Kier alpha value is -2.90. The Labute approximate surface area is 195 Å². The van der Waals surface area contributed by atoms with Crippen LogP contribution in [0.3, 0.4) is 0 Å². The van der Waals surface area contributed by atoms with Gasteiger partial charge >= 0.3 is 0 Å². The number of amides is 1. The van der Waals surface area contributed by atoms with Crippen molar-refractivity contribution in [1.29, 1.82) is 0 Å². The van der Waals surface area contributed by atoms with E-state index in [1.54, 1.807) is 29.6 Å². The summed E-state index contributed by atoms with van der Waals surface area (Å²) in [6, 6.07) is 19.1. The fourth-order valence-electron chi connectivity index (χ4n) is 4.34. The molecule has 0 aromatic heterocycles. The molecule has 1 aliphatic rings. The maximum absolute atomic E-state index is 13.0. The van der Waals surface area contributed by atoms with E-state index in [1.807, 2.05) is 24.3 Å². The van der Waals surface area contributed by atoms with Crippen LogP contribution in [0.25, 0.3) is 10.8 Å². The number of nitrogens with one attached hydrogen (secondary N) is 1. The van der Waals surface area contributed by atoms with Crippen molar-refractivity contribution in [2.75, 3.05) is 20.2 Å². The summed E-state index contributed by atoms with van der Waals surface area (Å²) in [5.74, 6) is 0.503. The van der Waals surface area contributed by atoms with Gasteiger partial charge in [-0.1, -0.05) is 48.9 Å². The van der Waals surface area contributed by atoms with E-state index in [9.17, 15) is 13.2 Å². The SMILES string of the molecule is COc1ccc(S(=O)(=O)N2CCCCC2)cc1CCC(=O)NCc1cccc2ccccc12. The first-order valence-corrected chi connectivity index (χ1v) is 12.8. The van der Waals surface area contributed by atoms with Gasteiger partial charge in [-0.2, -0.15) is 4.31 Å². The Balaban J connectivity index is 1.42. The molecule has 0 spiro atoms. The summed E-state index contributed by atoms with van der Waals surface area (Å²) in [5.41, 5.74) is 1.78. The lowest BCUT2D eigenvalue weighted by atomic mass is 10.0. The molecule has 6 nitrogen and oxygen atoms in total. The zero-order valence-corrected chi connectivity index (χ0v) is 19.7. The number of nitrogens with zero attached hydrogens (tertiary/aromatic N) is 1. The Kier molecular flexibility index (Phi) is 7.30. The number of carbonyl (C=O) groups excluding carboxylic acids is 1. The van der Waals surface area contributed by atoms with E-state index in [4.69, 9.17) is 4.74 Å². The summed E-state index contributed by atoms with van der Waals surface area (Å²) in [6.45, 7) is 1.56. The molecule has 3 aromatic carbocycles. The molecule has 1 saturated heterocycles. The van der Waals surface area contributed by atoms with Gasteiger partial charge in [-0.25, -0.2) is 8.42 Å². The number of carbonyl (C=O) groups is 1. The summed E-state index contributed by atoms with van der Waals surface area (Å²) in [6.07, 6.45) is 3.48. The molecule has 0 bridgehead atoms. The molecule has 0 aliphatic carbocycles. The molecular weight excluding hydrogens is 436 g/mol. The van der Waals surface area contributed by atoms with Crippen LogP contribution in [0.15, 0.2) is 65.6 Å². The van der Waals surface area contributed by atoms with E-state index in [0.717, 1.165) is 41.2 Å². The molecule has 0 unspecified atom stereocenters. The van der Waals surface area contributed by atoms with E-state index < -0.39 is 10.0 Å². The minimum Gasteiger partial charge on any atom is -0.496 e. The molecule has 3 aromatic rings. The van der Waals surface area contributed by atoms with Gasteiger partial charge in [-0.15, -0.1) is 0 Å². The van der Waals surface area contributed by atoms with Crippen LogP contribution in [-0.4, -0.2) is 38.8 Å². The van der Waals surface area contributed by atoms with Gasteiger partial charge in [-0.3, -0.25) is 4.79 Å². The van der Waals surface area contributed by atoms with Crippen molar-refractivity contribution in [1.82, 2.24) is 9.62 Å². The summed E-state index contributed by atoms with van der Waals surface area (Å²) in [4.78, 5) is 12.8. The summed E-state index contributed by atoms with van der Waals surface area (Å²) in [7, 11) is -1.98. The van der Waals surface area contributed by atoms with Gasteiger partial charge in [0.2, 0.25) is 15.9 Å². The van der Waals surface area contributed by atoms with Gasteiger partial charge in [-0.05, 0) is 59.4 Å². The molecule has 1 heterocycles. The number of rotatable bonds is 8. The van der Waals surface area contributed by atoms with Crippen molar-refractivity contribution in [3.05, 3.63) is 71.8 Å². The van der Waals surface area contributed by atoms with Gasteiger partial charge < -0.3 is 10.1 Å². The van der Waals surface area contributed by atoms with Crippen molar-refractivity contribution in [3.63, 3.8) is 0 Å². The van der Waals surface area contributed by atoms with Crippen LogP contribution in [0.1, 0.15) is 36.8 Å². The van der Waals surface area contributed by atoms with Gasteiger partial charge in [0.05, 0.1) is 12.0 Å². The largest absolute Gasteiger partial charge is 0.496 e. The maximum atomic E-state index is 13.0. The number of sulfonamides is 1. The highest BCUT2D eigenvalue weighted by molar-refractivity contribution is 7.89. The molecule has 174 valence electrons. The summed E-state index contributed by atoms with van der Waals surface area (Å²) >= 11 is 0. The predicted octanol–water partition coefficient (Wildman–Crippen LogP) is 4.27. The number of fused-ring (bicyclic) bond motifs is 1. The van der Waals surface area contributed by atoms with Crippen LogP contribution < -0.4 is 10.1 Å². The minimum atomic E-state index is -3.54. The van der Waals surface area contributed by atoms with Crippen LogP contribution in [0.2, 0.25) is 0 Å². The first kappa shape index (κ1) is 23.3. The Morgan fingerprint density at radius 3 is 2.52 bits per heavy atom. The number of piperidine rings is 1. The van der Waals surface area contributed by atoms with E-state index in [-0.39, 0.29) is 17.2 Å². The third-order valence-electron chi connectivity index (χ3n) is 6.18. The van der Waals surface area contributed by atoms with Gasteiger partial charge in [0.25, 0.3) is 0 Å². The highest BCUT2D eigenvalue weighted by Crippen LogP contribution is 2.27. The number of methoxy groups -OCH3 is 1. The lowest BCUT2D eigenvalue weighted by Crippen LogP contribution is -2.35. The second-order valence-corrected chi connectivity index (χ2v) is 10.3. The number of aryl methyl sites for hydroxylation is 1. The van der Waals surface area contributed by atoms with Gasteiger partial charge in [0, 0.05) is 26.1 Å². The van der Waals surface area contributed by atoms with Gasteiger partial charge in [0.15, 0.2) is 0 Å². The lowest BCUT2D eigenvalue weighted by molar-refractivity contribution is -0.121. The highest BCUT2D eigenvalue weighted by atomic mass is 32.2. The molecule has 0 radical (unpaired) electrons. The van der Waals surface area contributed by atoms with Crippen molar-refractivity contribution < 1.29 is 17.9 Å². The molecule has 1 aliphatic heterocycles. The smallest absolute Gasteiger partial charge is 0.243 e. The topological polar surface area (TPSA) is 75.7 Å². The standard InChI is InChI=1S/C26H30N2O4S/c1-32-25-14-13-23(33(30,31)28-16-5-2-6-17-28)18-21(25)12-15-26(29)27-19-22-10-7-9-20-8-3-4-11-24(20)22/h3-4,7-11,13-14,18H,2,5-6,12,15-17,19H2,1H3,(H,27,29). The van der Waals surface area contributed by atoms with Crippen LogP contribution in [-0.2, 0) is 27.8 Å². The second-order valence-electron chi connectivity index (χ2n) is 8.35. The first-order valence-electron chi connectivity index (χ1n) is 11.4. The normalized spacial score (nSPS) is 14.8. The van der Waals surface area contributed by atoms with Crippen LogP contribution in [0, 0.1) is 0 Å². The van der Waals surface area contributed by atoms with E-state index in [0.29, 0.717) is 31.8 Å². The molecule has 0 atom stereocenters. The van der Waals surface area contributed by atoms with Crippen LogP contribution >= 0.6 is 0 Å². The molecule has 0 saturated carbocycles. The Morgan fingerprint density at radius 2 is 1.73 bits per heavy atom. The fourth-order valence-corrected chi connectivity index (χ4v) is 5.91. The lowest BCUT2D eigenvalue weighted by Gasteiger charge is -2.26. The third-order valence-corrected chi connectivity index (χ3v) is 8.08. The molecule has 4 rings (SSSR count). The number of benzene rings is 3. The van der Waals surface area contributed by atoms with E-state index in [2.05, 4.69) is 23.5 Å². The minimum absolute atomic E-state index is 0.0886. The summed E-state index contributed by atoms with van der Waals surface area (Å²) in [5, 5.41) is 5.25. The third kappa shape index (κ3) is 5.37. The molecular formula is C26H30N2O4S. The Bertz CT molecular complexity index is 1230. The molecule has 1 fully saturated rings. The van der Waals surface area contributed by atoms with Crippen molar-refractivity contribution in [3.8, 4) is 5.75 Å². The van der Waals surface area contributed by atoms with Crippen molar-refractivity contribution in [2.24, 2.45) is 0 Å². The molecule has 33 heavy (non-hydrogen) atoms. The quantitative estimate of drug-likeness (QED) is 0.538. The van der Waals surface area contributed by atoms with Crippen molar-refractivity contribution >= 4 is 26.7 Å². The zero-order chi connectivity index (χ0) is 23.3. The number of ether oxygens (including phenoxy) is 1. The van der Waals surface area contributed by atoms with E-state index in [1.165, 1.54) is 0 Å². The molecule has 7 heteroatoms. The maximum Gasteiger partial charge on any atom is 0.243 e. The highest BCUT2D eigenvalue weighted by Gasteiger charge is 2.26. The number of hydrogen-bond donors (Lipinski definition) is 1. The second kappa shape index (κ2) is 10.4. The molecule has 1 N–H and O–H groups in total. The monoisotopic (exact) mass is 466 g/mol. The Morgan fingerprint density at radius 1 is 0.970 bits per heavy atom. The van der Waals surface area contributed by atoms with Crippen LogP contribution in [0.5, 0.6) is 5.75 Å². The van der Waals surface area contributed by atoms with E-state index >= 15 is 0 Å². The zero-order valence-electron chi connectivity index (χ0n) is 18.9. The van der Waals surface area contributed by atoms with Crippen LogP contribution in [0.4, 0.5) is 0 Å². The first-order chi connectivity index (χ1) is 16.0.